The van der Waals surface area contributed by atoms with Crippen LogP contribution in [0.25, 0.3) is 22.3 Å². The molecule has 2 N–H and O–H groups in total. The number of fused-ring (bicyclic) bond motifs is 5. The van der Waals surface area contributed by atoms with Crippen LogP contribution in [0.1, 0.15) is 59.2 Å². The zero-order chi connectivity index (χ0) is 23.9. The van der Waals surface area contributed by atoms with Gasteiger partial charge in [-0.15, -0.1) is 0 Å². The molecular formula is C25H22FN3O5. The Hall–Kier alpha value is -3.59. The molecule has 1 amide bonds. The summed E-state index contributed by atoms with van der Waals surface area (Å²) in [7, 11) is 0. The van der Waals surface area contributed by atoms with Crippen molar-refractivity contribution in [1.82, 2.24) is 14.9 Å². The van der Waals surface area contributed by atoms with Gasteiger partial charge in [-0.1, -0.05) is 6.92 Å². The first kappa shape index (κ1) is 21.0. The molecule has 4 heterocycles. The van der Waals surface area contributed by atoms with Gasteiger partial charge in [0.1, 0.15) is 12.4 Å². The average molecular weight is 463 g/mol. The average Bonchev–Trinajstić information content (AvgIpc) is 3.19. The molecule has 1 aliphatic carbocycles. The number of carbonyl (C=O) groups is 2. The van der Waals surface area contributed by atoms with Crippen molar-refractivity contribution < 1.29 is 23.8 Å². The quantitative estimate of drug-likeness (QED) is 0.356. The Morgan fingerprint density at radius 1 is 1.32 bits per heavy atom. The first-order valence-corrected chi connectivity index (χ1v) is 11.3. The maximum Gasteiger partial charge on any atom is 0.343 e. The molecule has 0 saturated heterocycles. The van der Waals surface area contributed by atoms with Gasteiger partial charge in [0.05, 0.1) is 35.1 Å². The summed E-state index contributed by atoms with van der Waals surface area (Å²) in [6.07, 6.45) is 1.90. The highest BCUT2D eigenvalue weighted by Gasteiger charge is 2.45. The predicted molar refractivity (Wildman–Crippen MR) is 119 cm³/mol. The van der Waals surface area contributed by atoms with Gasteiger partial charge in [-0.2, -0.15) is 0 Å². The Labute approximate surface area is 193 Å². The van der Waals surface area contributed by atoms with Gasteiger partial charge in [-0.05, 0) is 48.9 Å². The summed E-state index contributed by atoms with van der Waals surface area (Å²) in [5, 5.41) is 14.8. The molecule has 0 spiro atoms. The Morgan fingerprint density at radius 2 is 2.12 bits per heavy atom. The van der Waals surface area contributed by atoms with E-state index >= 15 is 0 Å². The van der Waals surface area contributed by atoms with Gasteiger partial charge in [0.15, 0.2) is 5.60 Å². The number of pyridine rings is 2. The van der Waals surface area contributed by atoms with Crippen LogP contribution in [-0.4, -0.2) is 27.0 Å². The number of nitrogens with zero attached hydrogens (tertiary/aromatic N) is 2. The number of aliphatic hydroxyl groups is 1. The molecule has 1 aromatic carbocycles. The van der Waals surface area contributed by atoms with Crippen molar-refractivity contribution in [3.8, 4) is 11.4 Å². The lowest BCUT2D eigenvalue weighted by atomic mass is 9.81. The number of hydrogen-bond acceptors (Lipinski definition) is 6. The van der Waals surface area contributed by atoms with Crippen molar-refractivity contribution in [1.29, 1.82) is 0 Å². The molecule has 0 unspecified atom stereocenters. The van der Waals surface area contributed by atoms with E-state index < -0.39 is 11.6 Å². The topological polar surface area (TPSA) is 111 Å². The maximum atomic E-state index is 14.8. The van der Waals surface area contributed by atoms with Gasteiger partial charge in [0, 0.05) is 22.6 Å². The van der Waals surface area contributed by atoms with Crippen LogP contribution in [0.5, 0.6) is 0 Å². The Kier molecular flexibility index (Phi) is 4.29. The van der Waals surface area contributed by atoms with E-state index in [4.69, 9.17) is 9.72 Å². The fourth-order valence-electron chi connectivity index (χ4n) is 5.80. The fourth-order valence-corrected chi connectivity index (χ4v) is 5.80. The number of rotatable bonds is 3. The van der Waals surface area contributed by atoms with Crippen LogP contribution in [0.3, 0.4) is 0 Å². The summed E-state index contributed by atoms with van der Waals surface area (Å²) in [5.74, 6) is -1.14. The lowest BCUT2D eigenvalue weighted by Gasteiger charge is -2.31. The molecule has 0 bridgehead atoms. The highest BCUT2D eigenvalue weighted by atomic mass is 19.1. The summed E-state index contributed by atoms with van der Waals surface area (Å²) >= 11 is 0. The Balaban J connectivity index is 1.69. The second-order valence-corrected chi connectivity index (χ2v) is 9.19. The standard InChI is InChI=1S/C25H22FN3O5/c1-3-25(33)15-6-19-22-13(8-29(19)23(31)14(15)9-34-24(25)32)21-17(27-10-30)5-4-12-11(2)16(26)7-18(28-22)20(12)21/h6-7,10,17,33H,3-5,8-9H2,1-2H3,(H,27,30)/t17-,25-/m1/s1. The molecule has 6 rings (SSSR count). The summed E-state index contributed by atoms with van der Waals surface area (Å²) < 4.78 is 21.5. The first-order chi connectivity index (χ1) is 16.3. The van der Waals surface area contributed by atoms with Gasteiger partial charge in [-0.25, -0.2) is 14.2 Å². The molecule has 2 aromatic heterocycles. The second-order valence-electron chi connectivity index (χ2n) is 9.19. The number of benzene rings is 1. The number of amides is 1. The van der Waals surface area contributed by atoms with Gasteiger partial charge in [0.2, 0.25) is 6.41 Å². The minimum atomic E-state index is -1.92. The third kappa shape index (κ3) is 2.50. The number of carbonyl (C=O) groups excluding carboxylic acids is 2. The van der Waals surface area contributed by atoms with Crippen LogP contribution in [0.4, 0.5) is 4.39 Å². The predicted octanol–water partition coefficient (Wildman–Crippen LogP) is 2.26. The molecule has 2 aliphatic heterocycles. The summed E-state index contributed by atoms with van der Waals surface area (Å²) in [6.45, 7) is 3.40. The number of hydrogen-bond donors (Lipinski definition) is 2. The van der Waals surface area contributed by atoms with Crippen molar-refractivity contribution in [2.24, 2.45) is 0 Å². The van der Waals surface area contributed by atoms with Crippen LogP contribution in [0, 0.1) is 12.7 Å². The van der Waals surface area contributed by atoms with Crippen LogP contribution in [0.2, 0.25) is 0 Å². The monoisotopic (exact) mass is 463 g/mol. The number of cyclic esters (lactones) is 1. The normalized spacial score (nSPS) is 22.1. The molecule has 3 aliphatic rings. The van der Waals surface area contributed by atoms with E-state index in [1.165, 1.54) is 6.07 Å². The van der Waals surface area contributed by atoms with Crippen LogP contribution >= 0.6 is 0 Å². The highest BCUT2D eigenvalue weighted by Crippen LogP contribution is 2.45. The summed E-state index contributed by atoms with van der Waals surface area (Å²) in [5.41, 5.74) is 2.64. The number of nitrogens with one attached hydrogen (secondary N) is 1. The molecule has 0 fully saturated rings. The SMILES string of the molecule is CC[C@]1(O)C(=O)OCc2c1cc1n(c2=O)Cc2c-1nc1cc(F)c(C)c3c1c2[C@H](NC=O)CC3. The first-order valence-electron chi connectivity index (χ1n) is 11.3. The van der Waals surface area contributed by atoms with Gasteiger partial charge in [0.25, 0.3) is 5.56 Å². The van der Waals surface area contributed by atoms with Crippen LogP contribution in [-0.2, 0) is 39.5 Å². The van der Waals surface area contributed by atoms with Crippen molar-refractivity contribution in [2.75, 3.05) is 0 Å². The van der Waals surface area contributed by atoms with E-state index in [2.05, 4.69) is 5.32 Å². The van der Waals surface area contributed by atoms with Crippen molar-refractivity contribution in [2.45, 2.75) is 57.9 Å². The van der Waals surface area contributed by atoms with E-state index in [0.717, 1.165) is 22.1 Å². The lowest BCUT2D eigenvalue weighted by Crippen LogP contribution is -2.44. The minimum absolute atomic E-state index is 0.0458. The number of aromatic nitrogens is 2. The van der Waals surface area contributed by atoms with E-state index in [-0.39, 0.29) is 48.1 Å². The van der Waals surface area contributed by atoms with E-state index in [0.29, 0.717) is 41.7 Å². The lowest BCUT2D eigenvalue weighted by molar-refractivity contribution is -0.172. The molecule has 174 valence electrons. The Morgan fingerprint density at radius 3 is 2.85 bits per heavy atom. The van der Waals surface area contributed by atoms with Gasteiger partial charge in [-0.3, -0.25) is 9.59 Å². The van der Waals surface area contributed by atoms with E-state index in [9.17, 15) is 23.9 Å². The van der Waals surface area contributed by atoms with Crippen molar-refractivity contribution in [3.05, 3.63) is 61.7 Å². The van der Waals surface area contributed by atoms with E-state index in [1.54, 1.807) is 24.5 Å². The van der Waals surface area contributed by atoms with Gasteiger partial charge < -0.3 is 19.7 Å². The third-order valence-corrected chi connectivity index (χ3v) is 7.65. The largest absolute Gasteiger partial charge is 0.458 e. The van der Waals surface area contributed by atoms with Crippen LogP contribution in [0.15, 0.2) is 16.9 Å². The van der Waals surface area contributed by atoms with Gasteiger partial charge >= 0.3 is 5.97 Å². The second kappa shape index (κ2) is 6.96. The van der Waals surface area contributed by atoms with Crippen molar-refractivity contribution in [3.63, 3.8) is 0 Å². The summed E-state index contributed by atoms with van der Waals surface area (Å²) in [4.78, 5) is 42.0. The molecule has 0 radical (unpaired) electrons. The summed E-state index contributed by atoms with van der Waals surface area (Å²) in [6, 6.07) is 2.72. The van der Waals surface area contributed by atoms with E-state index in [1.807, 2.05) is 0 Å². The highest BCUT2D eigenvalue weighted by molar-refractivity contribution is 5.93. The smallest absolute Gasteiger partial charge is 0.343 e. The number of aryl methyl sites for hydroxylation is 1. The zero-order valence-corrected chi connectivity index (χ0v) is 18.7. The zero-order valence-electron chi connectivity index (χ0n) is 18.7. The molecule has 0 saturated carbocycles. The van der Waals surface area contributed by atoms with Crippen molar-refractivity contribution >= 4 is 23.3 Å². The maximum absolute atomic E-state index is 14.8. The fraction of sp³-hybridized carbons (Fsp3) is 0.360. The third-order valence-electron chi connectivity index (χ3n) is 7.65. The molecule has 2 atom stereocenters. The number of halogens is 1. The molecule has 9 heteroatoms. The molecule has 3 aromatic rings. The molecule has 34 heavy (non-hydrogen) atoms. The number of esters is 1. The molecular weight excluding hydrogens is 441 g/mol. The van der Waals surface area contributed by atoms with Crippen LogP contribution < -0.4 is 10.9 Å². The Bertz CT molecular complexity index is 1510. The molecule has 8 nitrogen and oxygen atoms in total. The minimum Gasteiger partial charge on any atom is -0.458 e. The number of ether oxygens (including phenoxy) is 1.